The number of benzene rings is 1. The zero-order valence-electron chi connectivity index (χ0n) is 12.2. The predicted molar refractivity (Wildman–Crippen MR) is 81.0 cm³/mol. The van der Waals surface area contributed by atoms with Crippen LogP contribution in [0.3, 0.4) is 0 Å². The van der Waals surface area contributed by atoms with Crippen molar-refractivity contribution in [3.63, 3.8) is 0 Å². The quantitative estimate of drug-likeness (QED) is 0.848. The maximum absolute atomic E-state index is 11.2. The van der Waals surface area contributed by atoms with E-state index < -0.39 is 5.97 Å². The molecule has 112 valence electrons. The average Bonchev–Trinajstić information content (AvgIpc) is 3.24. The topological polar surface area (TPSA) is 75.2 Å². The number of hydrogen-bond donors (Lipinski definition) is 2. The van der Waals surface area contributed by atoms with Gasteiger partial charge in [-0.25, -0.2) is 4.79 Å². The minimum absolute atomic E-state index is 0.0494. The van der Waals surface area contributed by atoms with Crippen molar-refractivity contribution in [2.24, 2.45) is 5.92 Å². The van der Waals surface area contributed by atoms with E-state index in [1.165, 1.54) is 12.8 Å². The zero-order chi connectivity index (χ0) is 15.5. The normalized spacial score (nSPS) is 13.3. The maximum atomic E-state index is 11.2. The lowest BCUT2D eigenvalue weighted by Crippen LogP contribution is -1.99. The molecule has 0 aliphatic heterocycles. The van der Waals surface area contributed by atoms with Crippen LogP contribution in [-0.4, -0.2) is 21.3 Å². The van der Waals surface area contributed by atoms with Crippen LogP contribution in [-0.2, 0) is 0 Å². The van der Waals surface area contributed by atoms with Gasteiger partial charge in [-0.05, 0) is 49.9 Å². The Morgan fingerprint density at radius 3 is 2.77 bits per heavy atom. The first-order valence-corrected chi connectivity index (χ1v) is 7.18. The predicted octanol–water partition coefficient (Wildman–Crippen LogP) is 3.36. The molecule has 22 heavy (non-hydrogen) atoms. The van der Waals surface area contributed by atoms with Gasteiger partial charge in [-0.3, -0.25) is 5.10 Å². The number of nitrogens with one attached hydrogen (secondary N) is 1. The Balaban J connectivity index is 1.70. The highest BCUT2D eigenvalue weighted by molar-refractivity contribution is 5.91. The lowest BCUT2D eigenvalue weighted by Gasteiger charge is -2.03. The first-order chi connectivity index (χ1) is 10.6. The van der Waals surface area contributed by atoms with E-state index in [-0.39, 0.29) is 11.4 Å². The van der Waals surface area contributed by atoms with Crippen LogP contribution in [0.2, 0.25) is 0 Å². The van der Waals surface area contributed by atoms with Gasteiger partial charge < -0.3 is 9.84 Å². The van der Waals surface area contributed by atoms with E-state index in [1.54, 1.807) is 19.1 Å². The highest BCUT2D eigenvalue weighted by atomic mass is 16.5. The summed E-state index contributed by atoms with van der Waals surface area (Å²) in [4.78, 5) is 11.2. The van der Waals surface area contributed by atoms with Gasteiger partial charge in [0.2, 0.25) is 0 Å². The Morgan fingerprint density at radius 1 is 1.41 bits per heavy atom. The van der Waals surface area contributed by atoms with Crippen molar-refractivity contribution < 1.29 is 14.6 Å². The molecule has 1 fully saturated rings. The van der Waals surface area contributed by atoms with E-state index in [1.807, 2.05) is 12.1 Å². The Bertz CT molecular complexity index is 746. The molecule has 1 saturated carbocycles. The van der Waals surface area contributed by atoms with Gasteiger partial charge in [0.05, 0.1) is 5.69 Å². The molecule has 0 atom stereocenters. The molecule has 1 heterocycles. The monoisotopic (exact) mass is 296 g/mol. The molecule has 5 heteroatoms. The number of aromatic carboxylic acids is 1. The number of aromatic amines is 1. The van der Waals surface area contributed by atoms with Crippen LogP contribution in [0.4, 0.5) is 0 Å². The summed E-state index contributed by atoms with van der Waals surface area (Å²) in [5, 5.41) is 15.6. The number of ether oxygens (including phenoxy) is 1. The third-order valence-corrected chi connectivity index (χ3v) is 3.52. The van der Waals surface area contributed by atoms with E-state index in [2.05, 4.69) is 22.0 Å². The van der Waals surface area contributed by atoms with Crippen LogP contribution in [0.15, 0.2) is 24.3 Å². The van der Waals surface area contributed by atoms with Gasteiger partial charge in [-0.1, -0.05) is 11.8 Å². The Labute approximate surface area is 128 Å². The van der Waals surface area contributed by atoms with Crippen molar-refractivity contribution in [2.75, 3.05) is 0 Å². The molecule has 0 radical (unpaired) electrons. The van der Waals surface area contributed by atoms with E-state index in [9.17, 15) is 4.79 Å². The van der Waals surface area contributed by atoms with Crippen molar-refractivity contribution in [2.45, 2.75) is 26.2 Å². The molecule has 1 aromatic carbocycles. The van der Waals surface area contributed by atoms with Gasteiger partial charge in [0.15, 0.2) is 0 Å². The summed E-state index contributed by atoms with van der Waals surface area (Å²) in [5.41, 5.74) is 1.43. The first kappa shape index (κ1) is 14.2. The third-order valence-electron chi connectivity index (χ3n) is 3.52. The fraction of sp³-hybridized carbons (Fsp3) is 0.294. The number of carbonyl (C=O) groups is 1. The van der Waals surface area contributed by atoms with Crippen LogP contribution in [0.25, 0.3) is 0 Å². The highest BCUT2D eigenvalue weighted by Crippen LogP contribution is 2.31. The molecule has 0 bridgehead atoms. The highest BCUT2D eigenvalue weighted by Gasteiger charge is 2.20. The van der Waals surface area contributed by atoms with Crippen LogP contribution in [0, 0.1) is 24.7 Å². The number of carboxylic acids is 1. The van der Waals surface area contributed by atoms with E-state index in [4.69, 9.17) is 9.84 Å². The molecule has 0 saturated heterocycles. The molecule has 5 nitrogen and oxygen atoms in total. The molecule has 2 aromatic rings. The number of aromatic nitrogens is 2. The Hall–Kier alpha value is -2.74. The van der Waals surface area contributed by atoms with Crippen LogP contribution < -0.4 is 4.74 Å². The summed E-state index contributed by atoms with van der Waals surface area (Å²) >= 11 is 0. The van der Waals surface area contributed by atoms with Gasteiger partial charge >= 0.3 is 5.97 Å². The second-order valence-electron chi connectivity index (χ2n) is 5.41. The van der Waals surface area contributed by atoms with Crippen LogP contribution in [0.1, 0.15) is 40.9 Å². The maximum Gasteiger partial charge on any atom is 0.343 e. The molecule has 1 aliphatic rings. The number of carboxylic acid groups (broad SMARTS) is 1. The average molecular weight is 296 g/mol. The molecule has 3 rings (SSSR count). The molecule has 1 aliphatic carbocycles. The van der Waals surface area contributed by atoms with Crippen molar-refractivity contribution in [1.29, 1.82) is 0 Å². The van der Waals surface area contributed by atoms with E-state index in [0.717, 1.165) is 17.9 Å². The van der Waals surface area contributed by atoms with E-state index >= 15 is 0 Å². The number of nitrogens with zero attached hydrogens (tertiary/aromatic N) is 1. The zero-order valence-corrected chi connectivity index (χ0v) is 12.2. The molecule has 0 amide bonds. The van der Waals surface area contributed by atoms with Crippen LogP contribution >= 0.6 is 0 Å². The van der Waals surface area contributed by atoms with Gasteiger partial charge in [0.25, 0.3) is 5.88 Å². The summed E-state index contributed by atoms with van der Waals surface area (Å²) in [6.07, 6.45) is 3.57. The summed E-state index contributed by atoms with van der Waals surface area (Å²) in [6, 6.07) is 7.23. The second-order valence-corrected chi connectivity index (χ2v) is 5.41. The first-order valence-electron chi connectivity index (χ1n) is 7.18. The summed E-state index contributed by atoms with van der Waals surface area (Å²) in [7, 11) is 0. The van der Waals surface area contributed by atoms with Crippen molar-refractivity contribution in [1.82, 2.24) is 10.2 Å². The molecule has 2 N–H and O–H groups in total. The van der Waals surface area contributed by atoms with Crippen molar-refractivity contribution >= 4 is 5.97 Å². The van der Waals surface area contributed by atoms with E-state index in [0.29, 0.717) is 11.4 Å². The number of aryl methyl sites for hydroxylation is 1. The number of rotatable bonds is 4. The molecule has 1 aromatic heterocycles. The Morgan fingerprint density at radius 2 is 2.14 bits per heavy atom. The van der Waals surface area contributed by atoms with Gasteiger partial charge in [-0.2, -0.15) is 0 Å². The lowest BCUT2D eigenvalue weighted by molar-refractivity contribution is 0.0693. The second kappa shape index (κ2) is 5.94. The lowest BCUT2D eigenvalue weighted by atomic mass is 10.2. The summed E-state index contributed by atoms with van der Waals surface area (Å²) in [5.74, 6) is 6.62. The standard InChI is InChI=1S/C17H16N2O3/c1-11-15(17(20)21)16(19-18-11)22-14-9-7-13(8-10-14)4-2-3-12-5-6-12/h7-10,12H,3,5-6H2,1H3,(H,18,19)(H,20,21). The van der Waals surface area contributed by atoms with Gasteiger partial charge in [0, 0.05) is 12.0 Å². The number of hydrogen-bond acceptors (Lipinski definition) is 3. The molecule has 0 unspecified atom stereocenters. The minimum Gasteiger partial charge on any atom is -0.477 e. The minimum atomic E-state index is -1.07. The Kier molecular flexibility index (Phi) is 3.84. The van der Waals surface area contributed by atoms with Crippen molar-refractivity contribution in [3.8, 4) is 23.5 Å². The number of H-pyrrole nitrogens is 1. The fourth-order valence-electron chi connectivity index (χ4n) is 2.07. The van der Waals surface area contributed by atoms with Crippen LogP contribution in [0.5, 0.6) is 11.6 Å². The SMILES string of the molecule is Cc1[nH]nc(Oc2ccc(C#CCC3CC3)cc2)c1C(=O)O. The fourth-order valence-corrected chi connectivity index (χ4v) is 2.07. The smallest absolute Gasteiger partial charge is 0.343 e. The summed E-state index contributed by atoms with van der Waals surface area (Å²) < 4.78 is 5.53. The molecule has 0 spiro atoms. The molecular formula is C17H16N2O3. The third kappa shape index (κ3) is 3.29. The van der Waals surface area contributed by atoms with Gasteiger partial charge in [-0.15, -0.1) is 5.10 Å². The largest absolute Gasteiger partial charge is 0.477 e. The molecular weight excluding hydrogens is 280 g/mol. The van der Waals surface area contributed by atoms with Crippen molar-refractivity contribution in [3.05, 3.63) is 41.1 Å². The van der Waals surface area contributed by atoms with Gasteiger partial charge in [0.1, 0.15) is 11.3 Å². The summed E-state index contributed by atoms with van der Waals surface area (Å²) in [6.45, 7) is 1.64.